The number of nitrogens with two attached hydrogens (primary N) is 1. The summed E-state index contributed by atoms with van der Waals surface area (Å²) in [7, 11) is 0. The molecule has 26 heavy (non-hydrogen) atoms. The molecule has 0 aliphatic carbocycles. The van der Waals surface area contributed by atoms with E-state index in [1.165, 1.54) is 0 Å². The third-order valence-corrected chi connectivity index (χ3v) is 3.34. The molecule has 0 spiro atoms. The standard InChI is InChI=1S/C15H25N3O8/c1-7(2)5-9(17-13(23)8(16)3-4-11(19)20)14(24)18-10(15(25)26)6-12(21)22/h7-10H,3-6,16H2,1-2H3,(H,17,23)(H,18,24)(H,19,20)(H,21,22)(H,25,26)/t8-,9-,10-/m0/s1. The van der Waals surface area contributed by atoms with E-state index in [-0.39, 0.29) is 25.2 Å². The molecule has 7 N–H and O–H groups in total. The number of hydrogen-bond donors (Lipinski definition) is 6. The summed E-state index contributed by atoms with van der Waals surface area (Å²) in [5.41, 5.74) is 5.58. The van der Waals surface area contributed by atoms with Crippen LogP contribution in [0.4, 0.5) is 0 Å². The van der Waals surface area contributed by atoms with Gasteiger partial charge in [0.1, 0.15) is 12.1 Å². The number of rotatable bonds is 12. The maximum Gasteiger partial charge on any atom is 0.326 e. The summed E-state index contributed by atoms with van der Waals surface area (Å²) >= 11 is 0. The van der Waals surface area contributed by atoms with Gasteiger partial charge in [0.2, 0.25) is 11.8 Å². The second-order valence-corrected chi connectivity index (χ2v) is 6.23. The van der Waals surface area contributed by atoms with Gasteiger partial charge in [0.15, 0.2) is 0 Å². The minimum absolute atomic E-state index is 0.0518. The van der Waals surface area contributed by atoms with Crippen molar-refractivity contribution in [1.29, 1.82) is 0 Å². The first-order valence-electron chi connectivity index (χ1n) is 7.96. The van der Waals surface area contributed by atoms with Crippen molar-refractivity contribution in [3.63, 3.8) is 0 Å². The van der Waals surface area contributed by atoms with Crippen LogP contribution < -0.4 is 16.4 Å². The Bertz CT molecular complexity index is 549. The van der Waals surface area contributed by atoms with E-state index < -0.39 is 54.3 Å². The number of hydrogen-bond acceptors (Lipinski definition) is 6. The van der Waals surface area contributed by atoms with Crippen molar-refractivity contribution >= 4 is 29.7 Å². The van der Waals surface area contributed by atoms with Crippen molar-refractivity contribution in [2.45, 2.75) is 57.7 Å². The normalized spacial score (nSPS) is 14.2. The molecule has 3 atom stereocenters. The van der Waals surface area contributed by atoms with Crippen molar-refractivity contribution in [3.8, 4) is 0 Å². The van der Waals surface area contributed by atoms with Crippen LogP contribution in [0.25, 0.3) is 0 Å². The van der Waals surface area contributed by atoms with Crippen LogP contribution in [-0.2, 0) is 24.0 Å². The lowest BCUT2D eigenvalue weighted by Crippen LogP contribution is -2.55. The van der Waals surface area contributed by atoms with Crippen LogP contribution in [0.2, 0.25) is 0 Å². The van der Waals surface area contributed by atoms with E-state index in [9.17, 15) is 24.0 Å². The molecule has 2 amide bonds. The Kier molecular flexibility index (Phi) is 9.89. The highest BCUT2D eigenvalue weighted by molar-refractivity contribution is 5.92. The van der Waals surface area contributed by atoms with E-state index in [1.54, 1.807) is 13.8 Å². The van der Waals surface area contributed by atoms with Crippen LogP contribution in [-0.4, -0.2) is 63.2 Å². The maximum absolute atomic E-state index is 12.3. The second kappa shape index (κ2) is 11.0. The molecule has 0 saturated carbocycles. The fourth-order valence-electron chi connectivity index (χ4n) is 2.04. The number of carboxylic acid groups (broad SMARTS) is 3. The van der Waals surface area contributed by atoms with Crippen molar-refractivity contribution < 1.29 is 39.3 Å². The second-order valence-electron chi connectivity index (χ2n) is 6.23. The highest BCUT2D eigenvalue weighted by Gasteiger charge is 2.29. The predicted octanol–water partition coefficient (Wildman–Crippen LogP) is -1.25. The molecule has 0 bridgehead atoms. The van der Waals surface area contributed by atoms with Gasteiger partial charge in [0, 0.05) is 6.42 Å². The first-order valence-corrected chi connectivity index (χ1v) is 7.96. The van der Waals surface area contributed by atoms with E-state index in [0.29, 0.717) is 0 Å². The molecule has 11 nitrogen and oxygen atoms in total. The van der Waals surface area contributed by atoms with Crippen molar-refractivity contribution in [1.82, 2.24) is 10.6 Å². The Hall–Kier alpha value is -2.69. The molecule has 0 unspecified atom stereocenters. The topological polar surface area (TPSA) is 196 Å². The summed E-state index contributed by atoms with van der Waals surface area (Å²) < 4.78 is 0. The molecule has 0 aromatic rings. The lowest BCUT2D eigenvalue weighted by Gasteiger charge is -2.23. The number of nitrogens with one attached hydrogen (secondary N) is 2. The van der Waals surface area contributed by atoms with Gasteiger partial charge >= 0.3 is 17.9 Å². The SMILES string of the molecule is CC(C)C[C@H](NC(=O)[C@@H](N)CCC(=O)O)C(=O)N[C@@H](CC(=O)O)C(=O)O. The minimum atomic E-state index is -1.65. The zero-order valence-corrected chi connectivity index (χ0v) is 14.6. The van der Waals surface area contributed by atoms with Gasteiger partial charge < -0.3 is 31.7 Å². The van der Waals surface area contributed by atoms with Crippen LogP contribution in [0.1, 0.15) is 39.5 Å². The van der Waals surface area contributed by atoms with Crippen LogP contribution in [0, 0.1) is 5.92 Å². The summed E-state index contributed by atoms with van der Waals surface area (Å²) in [5.74, 6) is -5.71. The zero-order chi connectivity index (χ0) is 20.4. The van der Waals surface area contributed by atoms with Crippen LogP contribution >= 0.6 is 0 Å². The summed E-state index contributed by atoms with van der Waals surface area (Å²) in [6.45, 7) is 3.53. The number of carbonyl (C=O) groups is 5. The van der Waals surface area contributed by atoms with Crippen LogP contribution in [0.15, 0.2) is 0 Å². The van der Waals surface area contributed by atoms with Gasteiger partial charge in [-0.05, 0) is 18.8 Å². The number of carbonyl (C=O) groups excluding carboxylic acids is 2. The molecular formula is C15H25N3O8. The highest BCUT2D eigenvalue weighted by Crippen LogP contribution is 2.07. The predicted molar refractivity (Wildman–Crippen MR) is 88.1 cm³/mol. The lowest BCUT2D eigenvalue weighted by molar-refractivity contribution is -0.147. The summed E-state index contributed by atoms with van der Waals surface area (Å²) in [6, 6.07) is -3.93. The molecule has 0 fully saturated rings. The fraction of sp³-hybridized carbons (Fsp3) is 0.667. The quantitative estimate of drug-likeness (QED) is 0.241. The van der Waals surface area contributed by atoms with Gasteiger partial charge in [-0.1, -0.05) is 13.8 Å². The Morgan fingerprint density at radius 1 is 0.885 bits per heavy atom. The molecule has 0 aliphatic heterocycles. The molecule has 0 aromatic heterocycles. The Morgan fingerprint density at radius 3 is 1.85 bits per heavy atom. The largest absolute Gasteiger partial charge is 0.481 e. The molecule has 148 valence electrons. The average Bonchev–Trinajstić information content (AvgIpc) is 2.49. The van der Waals surface area contributed by atoms with E-state index >= 15 is 0 Å². The Labute approximate surface area is 149 Å². The van der Waals surface area contributed by atoms with Gasteiger partial charge in [-0.25, -0.2) is 4.79 Å². The highest BCUT2D eigenvalue weighted by atomic mass is 16.4. The molecular weight excluding hydrogens is 350 g/mol. The maximum atomic E-state index is 12.3. The number of carboxylic acids is 3. The smallest absolute Gasteiger partial charge is 0.326 e. The first-order chi connectivity index (χ1) is 11.9. The third-order valence-electron chi connectivity index (χ3n) is 3.34. The Morgan fingerprint density at radius 2 is 1.42 bits per heavy atom. The van der Waals surface area contributed by atoms with Crippen molar-refractivity contribution in [2.24, 2.45) is 11.7 Å². The first kappa shape index (κ1) is 23.3. The molecule has 0 aliphatic rings. The van der Waals surface area contributed by atoms with Gasteiger partial charge in [-0.2, -0.15) is 0 Å². The third kappa shape index (κ3) is 9.57. The van der Waals surface area contributed by atoms with Gasteiger partial charge in [-0.15, -0.1) is 0 Å². The van der Waals surface area contributed by atoms with E-state index in [4.69, 9.17) is 21.1 Å². The van der Waals surface area contributed by atoms with E-state index in [1.807, 2.05) is 0 Å². The molecule has 0 heterocycles. The summed E-state index contributed by atoms with van der Waals surface area (Å²) in [4.78, 5) is 56.6. The molecule has 0 radical (unpaired) electrons. The number of amides is 2. The lowest BCUT2D eigenvalue weighted by atomic mass is 10.0. The average molecular weight is 375 g/mol. The van der Waals surface area contributed by atoms with Crippen LogP contribution in [0.3, 0.4) is 0 Å². The Balaban J connectivity index is 5.02. The molecule has 0 saturated heterocycles. The molecule has 0 rings (SSSR count). The monoisotopic (exact) mass is 375 g/mol. The van der Waals surface area contributed by atoms with Crippen molar-refractivity contribution in [2.75, 3.05) is 0 Å². The van der Waals surface area contributed by atoms with Crippen molar-refractivity contribution in [3.05, 3.63) is 0 Å². The van der Waals surface area contributed by atoms with Gasteiger partial charge in [0.25, 0.3) is 0 Å². The van der Waals surface area contributed by atoms with Gasteiger partial charge in [0.05, 0.1) is 12.5 Å². The van der Waals surface area contributed by atoms with E-state index in [0.717, 1.165) is 0 Å². The number of aliphatic carboxylic acids is 3. The minimum Gasteiger partial charge on any atom is -0.481 e. The summed E-state index contributed by atoms with van der Waals surface area (Å²) in [5, 5.41) is 30.7. The molecule has 11 heteroatoms. The molecule has 0 aromatic carbocycles. The summed E-state index contributed by atoms with van der Waals surface area (Å²) in [6.07, 6.45) is -1.12. The zero-order valence-electron chi connectivity index (χ0n) is 14.6. The van der Waals surface area contributed by atoms with Crippen LogP contribution in [0.5, 0.6) is 0 Å². The fourth-order valence-corrected chi connectivity index (χ4v) is 2.04. The van der Waals surface area contributed by atoms with E-state index in [2.05, 4.69) is 10.6 Å². The van der Waals surface area contributed by atoms with Gasteiger partial charge in [-0.3, -0.25) is 19.2 Å².